The minimum absolute atomic E-state index is 0.0927. The molecule has 2 aromatic rings. The summed E-state index contributed by atoms with van der Waals surface area (Å²) in [5.74, 6) is 0. The van der Waals surface area contributed by atoms with Gasteiger partial charge in [0.15, 0.2) is 0 Å². The van der Waals surface area contributed by atoms with Gasteiger partial charge in [0.1, 0.15) is 5.60 Å². The molecule has 0 spiro atoms. The Balaban J connectivity index is 1.98. The van der Waals surface area contributed by atoms with Gasteiger partial charge in [-0.25, -0.2) is 4.79 Å². The van der Waals surface area contributed by atoms with Crippen molar-refractivity contribution in [1.29, 1.82) is 0 Å². The van der Waals surface area contributed by atoms with Gasteiger partial charge in [-0.1, -0.05) is 18.2 Å². The highest BCUT2D eigenvalue weighted by Gasteiger charge is 2.25. The molecule has 0 aliphatic heterocycles. The van der Waals surface area contributed by atoms with E-state index in [2.05, 4.69) is 15.7 Å². The summed E-state index contributed by atoms with van der Waals surface area (Å²) >= 11 is 0. The Morgan fingerprint density at radius 3 is 2.55 bits per heavy atom. The normalized spacial score (nSPS) is 13.5. The van der Waals surface area contributed by atoms with Gasteiger partial charge in [-0.05, 0) is 31.9 Å². The molecule has 0 radical (unpaired) electrons. The van der Waals surface area contributed by atoms with Crippen molar-refractivity contribution in [2.24, 2.45) is 7.05 Å². The van der Waals surface area contributed by atoms with Crippen LogP contribution < -0.4 is 10.6 Å². The van der Waals surface area contributed by atoms with Crippen LogP contribution in [-0.2, 0) is 12.6 Å². The standard InChI is InChI=1S/C16H22N4O2/c1-11-6-5-7-12(2)14(11)19-15(21)17-10-16(3,22)13-8-18-20(4)9-13/h5-9,22H,10H2,1-4H3,(H2,17,19,21). The Hall–Kier alpha value is -2.34. The van der Waals surface area contributed by atoms with Crippen LogP contribution in [0.5, 0.6) is 0 Å². The lowest BCUT2D eigenvalue weighted by Gasteiger charge is -2.22. The number of aryl methyl sites for hydroxylation is 3. The van der Waals surface area contributed by atoms with Crippen molar-refractivity contribution in [2.45, 2.75) is 26.4 Å². The third-order valence-electron chi connectivity index (χ3n) is 3.64. The van der Waals surface area contributed by atoms with Gasteiger partial charge in [-0.2, -0.15) is 5.10 Å². The zero-order chi connectivity index (χ0) is 16.3. The van der Waals surface area contributed by atoms with E-state index in [1.54, 1.807) is 31.0 Å². The molecule has 22 heavy (non-hydrogen) atoms. The molecule has 0 aliphatic carbocycles. The van der Waals surface area contributed by atoms with Crippen LogP contribution in [0.2, 0.25) is 0 Å². The minimum Gasteiger partial charge on any atom is -0.383 e. The van der Waals surface area contributed by atoms with Gasteiger partial charge in [0.05, 0.1) is 12.7 Å². The minimum atomic E-state index is -1.17. The molecule has 0 fully saturated rings. The number of nitrogens with zero attached hydrogens (tertiary/aromatic N) is 2. The lowest BCUT2D eigenvalue weighted by molar-refractivity contribution is 0.0599. The number of amides is 2. The molecular formula is C16H22N4O2. The lowest BCUT2D eigenvalue weighted by Crippen LogP contribution is -2.40. The average molecular weight is 302 g/mol. The predicted molar refractivity (Wildman–Crippen MR) is 85.7 cm³/mol. The van der Waals surface area contributed by atoms with Crippen molar-refractivity contribution < 1.29 is 9.90 Å². The molecule has 1 aromatic carbocycles. The Morgan fingerprint density at radius 2 is 2.00 bits per heavy atom. The van der Waals surface area contributed by atoms with Crippen molar-refractivity contribution in [3.8, 4) is 0 Å². The summed E-state index contributed by atoms with van der Waals surface area (Å²) in [4.78, 5) is 12.0. The quantitative estimate of drug-likeness (QED) is 0.809. The molecule has 6 nitrogen and oxygen atoms in total. The number of hydrogen-bond donors (Lipinski definition) is 3. The maximum Gasteiger partial charge on any atom is 0.319 e. The van der Waals surface area contributed by atoms with E-state index in [1.807, 2.05) is 32.0 Å². The van der Waals surface area contributed by atoms with Gasteiger partial charge in [0.2, 0.25) is 0 Å². The van der Waals surface area contributed by atoms with Crippen LogP contribution in [0.1, 0.15) is 23.6 Å². The van der Waals surface area contributed by atoms with E-state index in [4.69, 9.17) is 0 Å². The molecule has 0 saturated carbocycles. The first-order valence-corrected chi connectivity index (χ1v) is 7.12. The van der Waals surface area contributed by atoms with Crippen LogP contribution in [0, 0.1) is 13.8 Å². The fourth-order valence-corrected chi connectivity index (χ4v) is 2.22. The van der Waals surface area contributed by atoms with Gasteiger partial charge in [0.25, 0.3) is 0 Å². The van der Waals surface area contributed by atoms with Crippen LogP contribution in [0.3, 0.4) is 0 Å². The number of rotatable bonds is 4. The lowest BCUT2D eigenvalue weighted by atomic mass is 10.00. The molecule has 1 unspecified atom stereocenters. The fourth-order valence-electron chi connectivity index (χ4n) is 2.22. The number of aliphatic hydroxyl groups is 1. The first-order valence-electron chi connectivity index (χ1n) is 7.12. The summed E-state index contributed by atoms with van der Waals surface area (Å²) < 4.78 is 1.61. The number of hydrogen-bond acceptors (Lipinski definition) is 3. The Kier molecular flexibility index (Phi) is 4.51. The van der Waals surface area contributed by atoms with Crippen LogP contribution in [0.4, 0.5) is 10.5 Å². The van der Waals surface area contributed by atoms with E-state index < -0.39 is 5.60 Å². The predicted octanol–water partition coefficient (Wildman–Crippen LogP) is 2.07. The third-order valence-corrected chi connectivity index (χ3v) is 3.64. The summed E-state index contributed by atoms with van der Waals surface area (Å²) in [5.41, 5.74) is 2.26. The number of nitrogens with one attached hydrogen (secondary N) is 2. The highest BCUT2D eigenvalue weighted by atomic mass is 16.3. The number of urea groups is 1. The molecule has 3 N–H and O–H groups in total. The van der Waals surface area contributed by atoms with E-state index in [-0.39, 0.29) is 12.6 Å². The molecule has 2 amide bonds. The van der Waals surface area contributed by atoms with E-state index in [0.29, 0.717) is 5.56 Å². The Labute approximate surface area is 130 Å². The van der Waals surface area contributed by atoms with Crippen molar-refractivity contribution >= 4 is 11.7 Å². The second-order valence-corrected chi connectivity index (χ2v) is 5.75. The SMILES string of the molecule is Cc1cccc(C)c1NC(=O)NCC(C)(O)c1cnn(C)c1. The van der Waals surface area contributed by atoms with E-state index in [1.165, 1.54) is 0 Å². The van der Waals surface area contributed by atoms with Gasteiger partial charge < -0.3 is 15.7 Å². The second kappa shape index (κ2) is 6.19. The van der Waals surface area contributed by atoms with Crippen molar-refractivity contribution in [2.75, 3.05) is 11.9 Å². The average Bonchev–Trinajstić information content (AvgIpc) is 2.88. The van der Waals surface area contributed by atoms with Crippen molar-refractivity contribution in [3.63, 3.8) is 0 Å². The first kappa shape index (κ1) is 16.0. The molecule has 0 saturated heterocycles. The fraction of sp³-hybridized carbons (Fsp3) is 0.375. The number of para-hydroxylation sites is 1. The molecule has 6 heteroatoms. The molecule has 0 aliphatic rings. The van der Waals surface area contributed by atoms with E-state index >= 15 is 0 Å². The van der Waals surface area contributed by atoms with Gasteiger partial charge in [0, 0.05) is 24.5 Å². The number of carbonyl (C=O) groups excluding carboxylic acids is 1. The maximum absolute atomic E-state index is 12.0. The Morgan fingerprint density at radius 1 is 1.36 bits per heavy atom. The summed E-state index contributed by atoms with van der Waals surface area (Å²) in [5, 5.41) is 20.0. The van der Waals surface area contributed by atoms with Gasteiger partial charge in [-0.15, -0.1) is 0 Å². The van der Waals surface area contributed by atoms with Crippen LogP contribution >= 0.6 is 0 Å². The molecule has 2 rings (SSSR count). The monoisotopic (exact) mass is 302 g/mol. The van der Waals surface area contributed by atoms with Crippen molar-refractivity contribution in [1.82, 2.24) is 15.1 Å². The zero-order valence-electron chi connectivity index (χ0n) is 13.3. The first-order chi connectivity index (χ1) is 10.3. The topological polar surface area (TPSA) is 79.2 Å². The summed E-state index contributed by atoms with van der Waals surface area (Å²) in [6, 6.07) is 5.48. The summed E-state index contributed by atoms with van der Waals surface area (Å²) in [6.07, 6.45) is 3.32. The second-order valence-electron chi connectivity index (χ2n) is 5.75. The maximum atomic E-state index is 12.0. The third kappa shape index (κ3) is 3.65. The number of anilines is 1. The number of carbonyl (C=O) groups is 1. The molecule has 0 bridgehead atoms. The molecular weight excluding hydrogens is 280 g/mol. The zero-order valence-corrected chi connectivity index (χ0v) is 13.3. The van der Waals surface area contributed by atoms with E-state index in [9.17, 15) is 9.90 Å². The summed E-state index contributed by atoms with van der Waals surface area (Å²) in [7, 11) is 1.78. The van der Waals surface area contributed by atoms with Crippen LogP contribution in [-0.4, -0.2) is 27.5 Å². The number of aromatic nitrogens is 2. The number of benzene rings is 1. The van der Waals surface area contributed by atoms with Crippen LogP contribution in [0.15, 0.2) is 30.6 Å². The highest BCUT2D eigenvalue weighted by molar-refractivity contribution is 5.91. The van der Waals surface area contributed by atoms with E-state index in [0.717, 1.165) is 16.8 Å². The molecule has 1 aromatic heterocycles. The molecule has 118 valence electrons. The van der Waals surface area contributed by atoms with Crippen molar-refractivity contribution in [3.05, 3.63) is 47.3 Å². The Bertz CT molecular complexity index is 656. The van der Waals surface area contributed by atoms with Gasteiger partial charge >= 0.3 is 6.03 Å². The largest absolute Gasteiger partial charge is 0.383 e. The van der Waals surface area contributed by atoms with Gasteiger partial charge in [-0.3, -0.25) is 4.68 Å². The molecule has 1 atom stereocenters. The highest BCUT2D eigenvalue weighted by Crippen LogP contribution is 2.20. The molecule has 1 heterocycles. The summed E-state index contributed by atoms with van der Waals surface area (Å²) in [6.45, 7) is 5.61. The van der Waals surface area contributed by atoms with Crippen LogP contribution in [0.25, 0.3) is 0 Å². The smallest absolute Gasteiger partial charge is 0.319 e.